The molecular weight excluding hydrogens is 381 g/mol. The Balaban J connectivity index is 0.00000156. The van der Waals surface area contributed by atoms with Gasteiger partial charge < -0.3 is 15.8 Å². The van der Waals surface area contributed by atoms with Crippen molar-refractivity contribution in [2.45, 2.75) is 25.9 Å². The predicted molar refractivity (Wildman–Crippen MR) is 106 cm³/mol. The van der Waals surface area contributed by atoms with Gasteiger partial charge in [-0.05, 0) is 37.4 Å². The first-order chi connectivity index (χ1) is 11.3. The highest BCUT2D eigenvalue weighted by Crippen LogP contribution is 2.33. The van der Waals surface area contributed by atoms with Crippen molar-refractivity contribution in [3.05, 3.63) is 40.8 Å². The zero-order valence-corrected chi connectivity index (χ0v) is 16.2. The minimum Gasteiger partial charge on any atom is -0.485 e. The van der Waals surface area contributed by atoms with Crippen LogP contribution in [0.5, 0.6) is 5.75 Å². The van der Waals surface area contributed by atoms with Gasteiger partial charge in [-0.1, -0.05) is 18.6 Å². The van der Waals surface area contributed by atoms with Gasteiger partial charge in [0.15, 0.2) is 0 Å². The Kier molecular flexibility index (Phi) is 9.21. The fraction of sp³-hybridized carbons (Fsp3) is 0.412. The molecule has 0 saturated heterocycles. The number of rotatable bonds is 6. The third-order valence-electron chi connectivity index (χ3n) is 4.30. The molecule has 1 aliphatic carbocycles. The van der Waals surface area contributed by atoms with Crippen molar-refractivity contribution in [2.24, 2.45) is 17.6 Å². The van der Waals surface area contributed by atoms with E-state index >= 15 is 0 Å². The summed E-state index contributed by atoms with van der Waals surface area (Å²) in [4.78, 5) is 16.7. The van der Waals surface area contributed by atoms with Crippen molar-refractivity contribution in [3.63, 3.8) is 0 Å². The maximum Gasteiger partial charge on any atom is 0.227 e. The first-order valence-corrected chi connectivity index (χ1v) is 8.82. The second-order valence-electron chi connectivity index (χ2n) is 5.79. The summed E-state index contributed by atoms with van der Waals surface area (Å²) in [5, 5.41) is 4.96. The topological polar surface area (TPSA) is 77.2 Å². The Morgan fingerprint density at radius 2 is 2.12 bits per heavy atom. The lowest BCUT2D eigenvalue weighted by Gasteiger charge is -2.18. The number of nitrogens with two attached hydrogens (primary N) is 1. The average Bonchev–Trinajstić information content (AvgIpc) is 3.25. The summed E-state index contributed by atoms with van der Waals surface area (Å²) in [5.74, 6) is 1.00. The van der Waals surface area contributed by atoms with Gasteiger partial charge in [0.25, 0.3) is 0 Å². The number of nitrogens with zero attached hydrogens (tertiary/aromatic N) is 1. The van der Waals surface area contributed by atoms with Gasteiger partial charge in [-0.15, -0.1) is 36.2 Å². The number of halogens is 2. The van der Waals surface area contributed by atoms with Crippen LogP contribution in [0.3, 0.4) is 0 Å². The Morgan fingerprint density at radius 3 is 2.84 bits per heavy atom. The van der Waals surface area contributed by atoms with Gasteiger partial charge in [0.2, 0.25) is 5.91 Å². The summed E-state index contributed by atoms with van der Waals surface area (Å²) in [5.41, 5.74) is 9.14. The number of aromatic nitrogens is 1. The monoisotopic (exact) mass is 403 g/mol. The molecule has 0 spiro atoms. The van der Waals surface area contributed by atoms with Gasteiger partial charge in [0, 0.05) is 11.3 Å². The zero-order valence-electron chi connectivity index (χ0n) is 13.7. The number of carbonyl (C=O) groups is 1. The molecule has 3 rings (SSSR count). The molecule has 8 heteroatoms. The third-order valence-corrected chi connectivity index (χ3v) is 4.94. The lowest BCUT2D eigenvalue weighted by Crippen LogP contribution is -2.29. The molecule has 1 aromatic heterocycles. The van der Waals surface area contributed by atoms with Crippen LogP contribution in [-0.4, -0.2) is 17.4 Å². The fourth-order valence-corrected chi connectivity index (χ4v) is 3.59. The van der Waals surface area contributed by atoms with Crippen LogP contribution in [-0.2, 0) is 11.4 Å². The third kappa shape index (κ3) is 5.57. The van der Waals surface area contributed by atoms with Gasteiger partial charge in [-0.3, -0.25) is 4.79 Å². The first-order valence-electron chi connectivity index (χ1n) is 7.87. The summed E-state index contributed by atoms with van der Waals surface area (Å²) in [6.07, 6.45) is 3.02. The number of carbonyl (C=O) groups excluding carboxylic acids is 1. The van der Waals surface area contributed by atoms with E-state index in [0.717, 1.165) is 25.0 Å². The van der Waals surface area contributed by atoms with Crippen molar-refractivity contribution in [1.29, 1.82) is 0 Å². The van der Waals surface area contributed by atoms with Gasteiger partial charge in [0.05, 0.1) is 16.9 Å². The van der Waals surface area contributed by atoms with E-state index in [1.54, 1.807) is 5.51 Å². The predicted octanol–water partition coefficient (Wildman–Crippen LogP) is 3.88. The zero-order chi connectivity index (χ0) is 16.1. The molecule has 3 N–H and O–H groups in total. The van der Waals surface area contributed by atoms with Crippen molar-refractivity contribution in [3.8, 4) is 5.75 Å². The minimum absolute atomic E-state index is 0. The van der Waals surface area contributed by atoms with Crippen molar-refractivity contribution in [2.75, 3.05) is 11.9 Å². The molecule has 1 amide bonds. The quantitative estimate of drug-likeness (QED) is 0.766. The number of ether oxygens (including phenoxy) is 1. The van der Waals surface area contributed by atoms with Crippen LogP contribution in [0.1, 0.15) is 25.0 Å². The molecule has 1 heterocycles. The summed E-state index contributed by atoms with van der Waals surface area (Å²) >= 11 is 1.54. The average molecular weight is 404 g/mol. The standard InChI is InChI=1S/C17H21N3O2S.2ClH/c18-8-12-4-3-5-14(12)17(21)20-15-6-1-2-7-16(15)22-9-13-10-23-11-19-13;;/h1-2,6-7,10-12,14H,3-5,8-9,18H2,(H,20,21);2*1H/t12-,14-;;/m1../s1. The lowest BCUT2D eigenvalue weighted by molar-refractivity contribution is -0.120. The van der Waals surface area contributed by atoms with Crippen LogP contribution in [0.25, 0.3) is 0 Å². The summed E-state index contributed by atoms with van der Waals surface area (Å²) < 4.78 is 5.80. The van der Waals surface area contributed by atoms with E-state index in [-0.39, 0.29) is 42.6 Å². The number of benzene rings is 1. The molecule has 1 saturated carbocycles. The molecule has 138 valence electrons. The molecule has 25 heavy (non-hydrogen) atoms. The Hall–Kier alpha value is -1.34. The van der Waals surface area contributed by atoms with Crippen molar-refractivity contribution in [1.82, 2.24) is 4.98 Å². The molecule has 0 bridgehead atoms. The molecule has 1 aromatic carbocycles. The van der Waals surface area contributed by atoms with Crippen LogP contribution in [0, 0.1) is 11.8 Å². The maximum absolute atomic E-state index is 12.5. The van der Waals surface area contributed by atoms with E-state index in [4.69, 9.17) is 10.5 Å². The van der Waals surface area contributed by atoms with Gasteiger partial charge in [-0.25, -0.2) is 4.98 Å². The normalized spacial score (nSPS) is 18.8. The Morgan fingerprint density at radius 1 is 1.32 bits per heavy atom. The van der Waals surface area contributed by atoms with Gasteiger partial charge in [0.1, 0.15) is 12.4 Å². The number of anilines is 1. The highest BCUT2D eigenvalue weighted by atomic mass is 35.5. The molecule has 1 fully saturated rings. The van der Waals surface area contributed by atoms with Crippen LogP contribution in [0.2, 0.25) is 0 Å². The van der Waals surface area contributed by atoms with E-state index < -0.39 is 0 Å². The molecule has 2 atom stereocenters. The second-order valence-corrected chi connectivity index (χ2v) is 6.51. The van der Waals surface area contributed by atoms with E-state index in [1.165, 1.54) is 11.3 Å². The number of hydrogen-bond acceptors (Lipinski definition) is 5. The highest BCUT2D eigenvalue weighted by Gasteiger charge is 2.32. The molecule has 0 radical (unpaired) electrons. The molecule has 0 unspecified atom stereocenters. The van der Waals surface area contributed by atoms with E-state index in [0.29, 0.717) is 24.6 Å². The highest BCUT2D eigenvalue weighted by molar-refractivity contribution is 7.07. The number of para-hydroxylation sites is 2. The van der Waals surface area contributed by atoms with E-state index in [9.17, 15) is 4.79 Å². The number of amides is 1. The molecule has 1 aliphatic rings. The van der Waals surface area contributed by atoms with E-state index in [1.807, 2.05) is 29.6 Å². The smallest absolute Gasteiger partial charge is 0.227 e. The molecule has 2 aromatic rings. The molecular formula is C17H23Cl2N3O2S. The van der Waals surface area contributed by atoms with Crippen LogP contribution in [0.4, 0.5) is 5.69 Å². The van der Waals surface area contributed by atoms with Crippen molar-refractivity contribution >= 4 is 47.7 Å². The summed E-state index contributed by atoms with van der Waals surface area (Å²) in [6, 6.07) is 7.50. The number of hydrogen-bond donors (Lipinski definition) is 2. The second kappa shape index (κ2) is 10.6. The Bertz CT molecular complexity index is 655. The maximum atomic E-state index is 12.5. The van der Waals surface area contributed by atoms with Crippen LogP contribution >= 0.6 is 36.2 Å². The number of thiazole rings is 1. The fourth-order valence-electron chi connectivity index (χ4n) is 3.05. The Labute approximate surface area is 164 Å². The van der Waals surface area contributed by atoms with E-state index in [2.05, 4.69) is 10.3 Å². The molecule has 5 nitrogen and oxygen atoms in total. The van der Waals surface area contributed by atoms with Gasteiger partial charge in [-0.2, -0.15) is 0 Å². The lowest BCUT2D eigenvalue weighted by atomic mass is 9.95. The SMILES string of the molecule is Cl.Cl.NC[C@H]1CCC[C@H]1C(=O)Nc1ccccc1OCc1cscn1. The summed E-state index contributed by atoms with van der Waals surface area (Å²) in [6.45, 7) is 0.964. The largest absolute Gasteiger partial charge is 0.485 e. The number of nitrogens with one attached hydrogen (secondary N) is 1. The molecule has 0 aliphatic heterocycles. The minimum atomic E-state index is 0. The van der Waals surface area contributed by atoms with Crippen molar-refractivity contribution < 1.29 is 9.53 Å². The van der Waals surface area contributed by atoms with Crippen LogP contribution < -0.4 is 15.8 Å². The summed E-state index contributed by atoms with van der Waals surface area (Å²) in [7, 11) is 0. The van der Waals surface area contributed by atoms with Gasteiger partial charge >= 0.3 is 0 Å². The van der Waals surface area contributed by atoms with Crippen LogP contribution in [0.15, 0.2) is 35.2 Å². The first kappa shape index (κ1) is 21.7.